The van der Waals surface area contributed by atoms with Crippen molar-refractivity contribution in [3.63, 3.8) is 0 Å². The van der Waals surface area contributed by atoms with Gasteiger partial charge in [0.25, 0.3) is 0 Å². The van der Waals surface area contributed by atoms with Crippen molar-refractivity contribution in [2.45, 2.75) is 30.9 Å². The van der Waals surface area contributed by atoms with Gasteiger partial charge in [-0.1, -0.05) is 0 Å². The zero-order chi connectivity index (χ0) is 16.4. The topological polar surface area (TPSA) is 75.6 Å². The Balaban J connectivity index is 1.51. The normalized spacial score (nSPS) is 20.0. The van der Waals surface area contributed by atoms with Crippen LogP contribution in [0.15, 0.2) is 12.4 Å². The molecule has 0 amide bonds. The summed E-state index contributed by atoms with van der Waals surface area (Å²) in [5.74, 6) is 1.77. The van der Waals surface area contributed by atoms with Gasteiger partial charge in [-0.15, -0.1) is 0 Å². The predicted molar refractivity (Wildman–Crippen MR) is 88.1 cm³/mol. The highest BCUT2D eigenvalue weighted by molar-refractivity contribution is 7.90. The summed E-state index contributed by atoms with van der Waals surface area (Å²) in [4.78, 5) is 10.8. The van der Waals surface area contributed by atoms with Crippen LogP contribution < -0.4 is 9.64 Å². The van der Waals surface area contributed by atoms with Gasteiger partial charge in [-0.05, 0) is 31.6 Å². The molecule has 1 aromatic rings. The van der Waals surface area contributed by atoms with E-state index in [9.17, 15) is 8.42 Å². The van der Waals surface area contributed by atoms with Gasteiger partial charge in [0, 0.05) is 26.7 Å². The van der Waals surface area contributed by atoms with Gasteiger partial charge >= 0.3 is 0 Å². The second-order valence-electron chi connectivity index (χ2n) is 6.38. The minimum Gasteiger partial charge on any atom is -0.494 e. The number of methoxy groups -OCH3 is 1. The van der Waals surface area contributed by atoms with Crippen LogP contribution in [0.2, 0.25) is 0 Å². The summed E-state index contributed by atoms with van der Waals surface area (Å²) in [6, 6.07) is 0. The second-order valence-corrected chi connectivity index (χ2v) is 8.70. The summed E-state index contributed by atoms with van der Waals surface area (Å²) in [6.07, 6.45) is 6.90. The molecule has 0 atom stereocenters. The molecular weight excluding hydrogens is 316 g/mol. The molecule has 0 unspecified atom stereocenters. The van der Waals surface area contributed by atoms with Gasteiger partial charge < -0.3 is 9.64 Å². The first-order chi connectivity index (χ1) is 11.0. The fourth-order valence-corrected chi connectivity index (χ4v) is 4.64. The Morgan fingerprint density at radius 2 is 1.83 bits per heavy atom. The zero-order valence-corrected chi connectivity index (χ0v) is 14.5. The van der Waals surface area contributed by atoms with Crippen molar-refractivity contribution < 1.29 is 13.2 Å². The fraction of sp³-hybridized carbons (Fsp3) is 0.733. The number of nitrogens with zero attached hydrogens (tertiary/aromatic N) is 4. The van der Waals surface area contributed by atoms with Crippen molar-refractivity contribution in [2.75, 3.05) is 38.7 Å². The minimum absolute atomic E-state index is 0.125. The van der Waals surface area contributed by atoms with Gasteiger partial charge in [-0.25, -0.2) is 22.7 Å². The Morgan fingerprint density at radius 1 is 1.22 bits per heavy atom. The molecule has 2 heterocycles. The highest BCUT2D eigenvalue weighted by Gasteiger charge is 2.39. The van der Waals surface area contributed by atoms with Gasteiger partial charge in [0.15, 0.2) is 5.75 Å². The summed E-state index contributed by atoms with van der Waals surface area (Å²) in [6.45, 7) is 2.33. The minimum atomic E-state index is -3.06. The van der Waals surface area contributed by atoms with Crippen LogP contribution in [-0.2, 0) is 10.0 Å². The molecule has 0 aromatic carbocycles. The lowest BCUT2D eigenvalue weighted by atomic mass is 9.97. The molecule has 1 aromatic heterocycles. The number of ether oxygens (including phenoxy) is 1. The zero-order valence-electron chi connectivity index (χ0n) is 13.7. The quantitative estimate of drug-likeness (QED) is 0.773. The molecule has 7 nitrogen and oxygen atoms in total. The van der Waals surface area contributed by atoms with E-state index in [0.717, 1.165) is 38.8 Å². The van der Waals surface area contributed by atoms with Crippen LogP contribution in [0.5, 0.6) is 5.75 Å². The van der Waals surface area contributed by atoms with Crippen LogP contribution >= 0.6 is 0 Å². The van der Waals surface area contributed by atoms with Crippen molar-refractivity contribution in [3.05, 3.63) is 12.4 Å². The SMILES string of the molecule is COc1cnc(N2CCC(CN(C)S(=O)(=O)C3CC3)CC2)nc1. The molecule has 2 fully saturated rings. The summed E-state index contributed by atoms with van der Waals surface area (Å²) < 4.78 is 31.0. The fourth-order valence-electron chi connectivity index (χ4n) is 2.98. The van der Waals surface area contributed by atoms with Crippen molar-refractivity contribution in [1.29, 1.82) is 0 Å². The lowest BCUT2D eigenvalue weighted by molar-refractivity contribution is 0.326. The maximum Gasteiger partial charge on any atom is 0.225 e. The Bertz CT molecular complexity index is 623. The average molecular weight is 340 g/mol. The molecule has 0 radical (unpaired) electrons. The molecule has 0 N–H and O–H groups in total. The highest BCUT2D eigenvalue weighted by Crippen LogP contribution is 2.31. The molecule has 23 heavy (non-hydrogen) atoms. The smallest absolute Gasteiger partial charge is 0.225 e. The van der Waals surface area contributed by atoms with Gasteiger partial charge in [0.05, 0.1) is 24.8 Å². The van der Waals surface area contributed by atoms with E-state index in [1.807, 2.05) is 0 Å². The Hall–Kier alpha value is -1.41. The number of rotatable bonds is 6. The molecule has 0 bridgehead atoms. The van der Waals surface area contributed by atoms with Crippen molar-refractivity contribution in [1.82, 2.24) is 14.3 Å². The number of anilines is 1. The molecule has 1 aliphatic carbocycles. The largest absolute Gasteiger partial charge is 0.494 e. The summed E-state index contributed by atoms with van der Waals surface area (Å²) >= 11 is 0. The first-order valence-corrected chi connectivity index (χ1v) is 9.57. The third-order valence-corrected chi connectivity index (χ3v) is 6.97. The Kier molecular flexibility index (Phi) is 4.72. The monoisotopic (exact) mass is 340 g/mol. The summed E-state index contributed by atoms with van der Waals surface area (Å²) in [5, 5.41) is -0.125. The molecule has 2 aliphatic rings. The number of hydrogen-bond acceptors (Lipinski definition) is 6. The third-order valence-electron chi connectivity index (χ3n) is 4.64. The first kappa shape index (κ1) is 16.4. The van der Waals surface area contributed by atoms with E-state index >= 15 is 0 Å². The van der Waals surface area contributed by atoms with E-state index < -0.39 is 10.0 Å². The third kappa shape index (κ3) is 3.74. The second kappa shape index (κ2) is 6.60. The van der Waals surface area contributed by atoms with Gasteiger partial charge in [-0.3, -0.25) is 0 Å². The van der Waals surface area contributed by atoms with Crippen molar-refractivity contribution in [2.24, 2.45) is 5.92 Å². The summed E-state index contributed by atoms with van der Waals surface area (Å²) in [5.41, 5.74) is 0. The number of sulfonamides is 1. The number of hydrogen-bond donors (Lipinski definition) is 0. The Morgan fingerprint density at radius 3 is 2.35 bits per heavy atom. The van der Waals surface area contributed by atoms with E-state index in [-0.39, 0.29) is 5.25 Å². The van der Waals surface area contributed by atoms with Gasteiger partial charge in [-0.2, -0.15) is 0 Å². The highest BCUT2D eigenvalue weighted by atomic mass is 32.2. The lowest BCUT2D eigenvalue weighted by Crippen LogP contribution is -2.40. The van der Waals surface area contributed by atoms with Crippen LogP contribution in [0.4, 0.5) is 5.95 Å². The number of piperidine rings is 1. The predicted octanol–water partition coefficient (Wildman–Crippen LogP) is 1.13. The van der Waals surface area contributed by atoms with Gasteiger partial charge in [0.1, 0.15) is 0 Å². The van der Waals surface area contributed by atoms with E-state index in [2.05, 4.69) is 14.9 Å². The van der Waals surface area contributed by atoms with Crippen LogP contribution in [0.3, 0.4) is 0 Å². The Labute approximate surface area is 137 Å². The maximum absolute atomic E-state index is 12.2. The molecule has 1 saturated heterocycles. The molecule has 1 saturated carbocycles. The molecular formula is C15H24N4O3S. The van der Waals surface area contributed by atoms with Crippen LogP contribution in [0.1, 0.15) is 25.7 Å². The first-order valence-electron chi connectivity index (χ1n) is 8.07. The lowest BCUT2D eigenvalue weighted by Gasteiger charge is -2.33. The number of aromatic nitrogens is 2. The summed E-state index contributed by atoms with van der Waals surface area (Å²) in [7, 11) is 0.251. The average Bonchev–Trinajstić information content (AvgIpc) is 3.41. The maximum atomic E-state index is 12.2. The van der Waals surface area contributed by atoms with Crippen molar-refractivity contribution in [3.8, 4) is 5.75 Å². The van der Waals surface area contributed by atoms with Crippen LogP contribution in [0, 0.1) is 5.92 Å². The molecule has 8 heteroatoms. The van der Waals surface area contributed by atoms with Crippen LogP contribution in [0.25, 0.3) is 0 Å². The van der Waals surface area contributed by atoms with Crippen molar-refractivity contribution >= 4 is 16.0 Å². The van der Waals surface area contributed by atoms with Gasteiger partial charge in [0.2, 0.25) is 16.0 Å². The van der Waals surface area contributed by atoms with Crippen LogP contribution in [-0.4, -0.2) is 61.7 Å². The van der Waals surface area contributed by atoms with E-state index in [0.29, 0.717) is 24.2 Å². The molecule has 3 rings (SSSR count). The molecule has 1 aliphatic heterocycles. The standard InChI is InChI=1S/C15H24N4O3S/c1-18(23(20,21)14-3-4-14)11-12-5-7-19(8-6-12)15-16-9-13(22-2)10-17-15/h9-10,12,14H,3-8,11H2,1-2H3. The van der Waals surface area contributed by atoms with E-state index in [1.54, 1.807) is 30.9 Å². The van der Waals surface area contributed by atoms with E-state index in [1.165, 1.54) is 0 Å². The molecule has 128 valence electrons. The van der Waals surface area contributed by atoms with E-state index in [4.69, 9.17) is 4.74 Å². The molecule has 0 spiro atoms.